The van der Waals surface area contributed by atoms with Gasteiger partial charge < -0.3 is 0 Å². The van der Waals surface area contributed by atoms with E-state index >= 15 is 0 Å². The molecular weight excluding hydrogens is 132 g/mol. The van der Waals surface area contributed by atoms with Crippen molar-refractivity contribution in [2.24, 2.45) is 5.92 Å². The van der Waals surface area contributed by atoms with Crippen molar-refractivity contribution in [3.8, 4) is 0 Å². The van der Waals surface area contributed by atoms with Crippen molar-refractivity contribution >= 4 is 0 Å². The van der Waals surface area contributed by atoms with E-state index in [1.807, 2.05) is 27.7 Å². The first-order chi connectivity index (χ1) is 5.13. The van der Waals surface area contributed by atoms with Crippen molar-refractivity contribution < 1.29 is 0 Å². The van der Waals surface area contributed by atoms with Gasteiger partial charge in [-0.25, -0.2) is 0 Å². The summed E-state index contributed by atoms with van der Waals surface area (Å²) in [5.41, 5.74) is 1.29. The normalized spacial score (nSPS) is 7.27. The summed E-state index contributed by atoms with van der Waals surface area (Å²) in [5, 5.41) is 0. The molecule has 0 aliphatic heterocycles. The van der Waals surface area contributed by atoms with Gasteiger partial charge in [0.25, 0.3) is 0 Å². The molecule has 0 aromatic rings. The Kier molecular flexibility index (Phi) is 25.3. The molecule has 0 amide bonds. The Hall–Kier alpha value is -0.260. The van der Waals surface area contributed by atoms with Gasteiger partial charge in [0.1, 0.15) is 0 Å². The maximum atomic E-state index is 3.80. The van der Waals surface area contributed by atoms with Crippen molar-refractivity contribution in [2.45, 2.75) is 54.9 Å². The van der Waals surface area contributed by atoms with Crippen LogP contribution in [0.4, 0.5) is 0 Å². The molecule has 0 saturated carbocycles. The molecule has 11 heavy (non-hydrogen) atoms. The molecule has 0 aliphatic rings. The summed E-state index contributed by atoms with van der Waals surface area (Å²) < 4.78 is 0. The Bertz CT molecular complexity index is 60.4. The highest BCUT2D eigenvalue weighted by atomic mass is 14.0. The Labute approximate surface area is 73.7 Å². The summed E-state index contributed by atoms with van der Waals surface area (Å²) in [6.07, 6.45) is 1.17. The molecule has 0 heterocycles. The Morgan fingerprint density at radius 3 is 1.36 bits per heavy atom. The molecule has 0 unspecified atom stereocenters. The first-order valence-corrected chi connectivity index (χ1v) is 4.77. The Morgan fingerprint density at radius 1 is 1.09 bits per heavy atom. The topological polar surface area (TPSA) is 0 Å². The molecule has 70 valence electrons. The second-order valence-electron chi connectivity index (χ2n) is 2.56. The molecule has 0 spiro atoms. The summed E-state index contributed by atoms with van der Waals surface area (Å²) in [6, 6.07) is 0. The zero-order valence-electron chi connectivity index (χ0n) is 9.49. The average molecular weight is 158 g/mol. The second-order valence-corrected chi connectivity index (χ2v) is 2.56. The monoisotopic (exact) mass is 158 g/mol. The molecule has 0 aromatic carbocycles. The lowest BCUT2D eigenvalue weighted by Gasteiger charge is -1.99. The van der Waals surface area contributed by atoms with Crippen LogP contribution in [-0.2, 0) is 0 Å². The van der Waals surface area contributed by atoms with Gasteiger partial charge in [0.15, 0.2) is 0 Å². The molecule has 0 N–H and O–H groups in total. The van der Waals surface area contributed by atoms with Crippen LogP contribution in [0.15, 0.2) is 12.2 Å². The summed E-state index contributed by atoms with van der Waals surface area (Å²) in [4.78, 5) is 0. The lowest BCUT2D eigenvalue weighted by Crippen LogP contribution is -1.84. The first kappa shape index (κ1) is 17.0. The molecule has 0 nitrogen and oxygen atoms in total. The third kappa shape index (κ3) is 41.7. The first-order valence-electron chi connectivity index (χ1n) is 4.77. The van der Waals surface area contributed by atoms with Crippen molar-refractivity contribution in [1.82, 2.24) is 0 Å². The van der Waals surface area contributed by atoms with Gasteiger partial charge in [0.05, 0.1) is 0 Å². The fourth-order valence-corrected chi connectivity index (χ4v) is 0.697. The quantitative estimate of drug-likeness (QED) is 0.513. The van der Waals surface area contributed by atoms with Crippen molar-refractivity contribution in [3.63, 3.8) is 0 Å². The predicted molar refractivity (Wildman–Crippen MR) is 57.0 cm³/mol. The van der Waals surface area contributed by atoms with E-state index in [1.165, 1.54) is 12.0 Å². The smallest absolute Gasteiger partial charge is 0.0303 e. The molecule has 0 atom stereocenters. The van der Waals surface area contributed by atoms with Crippen LogP contribution in [-0.4, -0.2) is 0 Å². The summed E-state index contributed by atoms with van der Waals surface area (Å²) >= 11 is 0. The van der Waals surface area contributed by atoms with E-state index in [4.69, 9.17) is 0 Å². The zero-order valence-corrected chi connectivity index (χ0v) is 9.49. The lowest BCUT2D eigenvalue weighted by atomic mass is 10.1. The van der Waals surface area contributed by atoms with Gasteiger partial charge in [0, 0.05) is 0 Å². The van der Waals surface area contributed by atoms with Crippen LogP contribution in [0, 0.1) is 5.92 Å². The third-order valence-electron chi connectivity index (χ3n) is 0.757. The minimum atomic E-state index is 0.775. The van der Waals surface area contributed by atoms with Crippen LogP contribution >= 0.6 is 0 Å². The van der Waals surface area contributed by atoms with E-state index in [9.17, 15) is 0 Å². The average Bonchev–Trinajstić information content (AvgIpc) is 1.93. The second kappa shape index (κ2) is 16.4. The van der Waals surface area contributed by atoms with Gasteiger partial charge >= 0.3 is 0 Å². The number of allylic oxidation sites excluding steroid dienone is 1. The van der Waals surface area contributed by atoms with Crippen LogP contribution in [0.5, 0.6) is 0 Å². The number of hydrogen-bond acceptors (Lipinski definition) is 0. The molecule has 0 aliphatic carbocycles. The van der Waals surface area contributed by atoms with Crippen molar-refractivity contribution in [2.75, 3.05) is 0 Å². The number of hydrogen-bond donors (Lipinski definition) is 0. The number of rotatable bonds is 2. The molecule has 0 saturated heterocycles. The summed E-state index contributed by atoms with van der Waals surface area (Å²) in [6.45, 7) is 18.3. The standard InChI is InChI=1S/C7H14.2C2H6/c1-6(2)5-7(3)4;2*1-2/h7H,1,5H2,2-4H3;2*1-2H3. The van der Waals surface area contributed by atoms with Gasteiger partial charge in [-0.05, 0) is 19.3 Å². The van der Waals surface area contributed by atoms with Gasteiger partial charge in [0.2, 0.25) is 0 Å². The van der Waals surface area contributed by atoms with Crippen LogP contribution < -0.4 is 0 Å². The van der Waals surface area contributed by atoms with Gasteiger partial charge in [-0.1, -0.05) is 47.1 Å². The van der Waals surface area contributed by atoms with Gasteiger partial charge in [-0.15, -0.1) is 6.58 Å². The highest BCUT2D eigenvalue weighted by molar-refractivity contribution is 4.88. The SMILES string of the molecule is C=C(C)CC(C)C.CC.CC. The largest absolute Gasteiger partial charge is 0.100 e. The van der Waals surface area contributed by atoms with Crippen molar-refractivity contribution in [1.29, 1.82) is 0 Å². The fraction of sp³-hybridized carbons (Fsp3) is 0.818. The van der Waals surface area contributed by atoms with Gasteiger partial charge in [-0.2, -0.15) is 0 Å². The Balaban J connectivity index is -0.000000138. The minimum absolute atomic E-state index is 0.775. The van der Waals surface area contributed by atoms with E-state index < -0.39 is 0 Å². The zero-order chi connectivity index (χ0) is 9.86. The summed E-state index contributed by atoms with van der Waals surface area (Å²) in [7, 11) is 0. The molecular formula is C11H26. The molecule has 0 rings (SSSR count). The maximum absolute atomic E-state index is 3.80. The van der Waals surface area contributed by atoms with E-state index in [1.54, 1.807) is 0 Å². The predicted octanol–water partition coefficient (Wildman–Crippen LogP) is 4.66. The van der Waals surface area contributed by atoms with E-state index in [2.05, 4.69) is 27.4 Å². The van der Waals surface area contributed by atoms with E-state index in [0.29, 0.717) is 0 Å². The van der Waals surface area contributed by atoms with Crippen LogP contribution in [0.1, 0.15) is 54.9 Å². The van der Waals surface area contributed by atoms with Gasteiger partial charge in [-0.3, -0.25) is 0 Å². The molecule has 0 bridgehead atoms. The third-order valence-corrected chi connectivity index (χ3v) is 0.757. The fourth-order valence-electron chi connectivity index (χ4n) is 0.697. The van der Waals surface area contributed by atoms with E-state index in [-0.39, 0.29) is 0 Å². The Morgan fingerprint density at radius 2 is 1.36 bits per heavy atom. The van der Waals surface area contributed by atoms with Crippen LogP contribution in [0.25, 0.3) is 0 Å². The highest BCUT2D eigenvalue weighted by Gasteiger charge is 1.90. The summed E-state index contributed by atoms with van der Waals surface area (Å²) in [5.74, 6) is 0.775. The van der Waals surface area contributed by atoms with Crippen LogP contribution in [0.3, 0.4) is 0 Å². The molecule has 0 fully saturated rings. The minimum Gasteiger partial charge on any atom is -0.100 e. The van der Waals surface area contributed by atoms with Crippen molar-refractivity contribution in [3.05, 3.63) is 12.2 Å². The molecule has 0 heteroatoms. The van der Waals surface area contributed by atoms with Crippen LogP contribution in [0.2, 0.25) is 0 Å². The highest BCUT2D eigenvalue weighted by Crippen LogP contribution is 2.05. The maximum Gasteiger partial charge on any atom is -0.0303 e. The molecule has 0 aromatic heterocycles. The molecule has 0 radical (unpaired) electrons. The lowest BCUT2D eigenvalue weighted by molar-refractivity contribution is 0.644. The van der Waals surface area contributed by atoms with E-state index in [0.717, 1.165) is 5.92 Å².